The van der Waals surface area contributed by atoms with Crippen LogP contribution in [0.15, 0.2) is 18.3 Å². The van der Waals surface area contributed by atoms with E-state index in [9.17, 15) is 8.42 Å². The van der Waals surface area contributed by atoms with Gasteiger partial charge in [-0.3, -0.25) is 4.98 Å². The molecule has 6 heteroatoms. The number of nitrogens with one attached hydrogen (secondary N) is 1. The van der Waals surface area contributed by atoms with Crippen LogP contribution in [0, 0.1) is 0 Å². The van der Waals surface area contributed by atoms with Crippen LogP contribution in [-0.2, 0) is 9.84 Å². The second kappa shape index (κ2) is 5.88. The van der Waals surface area contributed by atoms with Crippen molar-refractivity contribution in [1.29, 1.82) is 0 Å². The van der Waals surface area contributed by atoms with Crippen molar-refractivity contribution in [3.63, 3.8) is 0 Å². The molecule has 2 heterocycles. The number of pyridine rings is 1. The monoisotopic (exact) mass is 283 g/mol. The van der Waals surface area contributed by atoms with Gasteiger partial charge >= 0.3 is 0 Å². The van der Waals surface area contributed by atoms with Crippen LogP contribution in [0.2, 0.25) is 0 Å². The van der Waals surface area contributed by atoms with Crippen LogP contribution in [-0.4, -0.2) is 45.0 Å². The number of aromatic nitrogens is 1. The minimum absolute atomic E-state index is 0.221. The number of hydrogen-bond acceptors (Lipinski definition) is 5. The largest absolute Gasteiger partial charge is 0.369 e. The summed E-state index contributed by atoms with van der Waals surface area (Å²) in [5, 5.41) is 3.15. The van der Waals surface area contributed by atoms with Gasteiger partial charge in [-0.1, -0.05) is 0 Å². The van der Waals surface area contributed by atoms with E-state index < -0.39 is 9.84 Å². The zero-order valence-corrected chi connectivity index (χ0v) is 12.3. The molecular formula is C13H21N3O2S. The average molecular weight is 283 g/mol. The second-order valence-electron chi connectivity index (χ2n) is 4.94. The Kier molecular flexibility index (Phi) is 4.42. The lowest BCUT2D eigenvalue weighted by Gasteiger charge is -2.22. The third kappa shape index (κ3) is 3.67. The van der Waals surface area contributed by atoms with Crippen molar-refractivity contribution >= 4 is 15.5 Å². The van der Waals surface area contributed by atoms with Crippen molar-refractivity contribution in [1.82, 2.24) is 10.3 Å². The van der Waals surface area contributed by atoms with E-state index in [0.717, 1.165) is 17.9 Å². The second-order valence-corrected chi connectivity index (χ2v) is 7.25. The third-order valence-corrected chi connectivity index (χ3v) is 5.28. The molecule has 0 amide bonds. The van der Waals surface area contributed by atoms with Gasteiger partial charge in [0, 0.05) is 19.1 Å². The van der Waals surface area contributed by atoms with Gasteiger partial charge in [0.05, 0.1) is 29.1 Å². The smallest absolute Gasteiger partial charge is 0.152 e. The highest BCUT2D eigenvalue weighted by Gasteiger charge is 2.19. The van der Waals surface area contributed by atoms with Crippen LogP contribution in [0.4, 0.5) is 5.69 Å². The molecule has 1 N–H and O–H groups in total. The molecule has 1 unspecified atom stereocenters. The van der Waals surface area contributed by atoms with Gasteiger partial charge in [0.25, 0.3) is 0 Å². The van der Waals surface area contributed by atoms with E-state index in [1.54, 1.807) is 0 Å². The molecule has 0 bridgehead atoms. The Morgan fingerprint density at radius 1 is 1.32 bits per heavy atom. The normalized spacial score (nSPS) is 20.8. The summed E-state index contributed by atoms with van der Waals surface area (Å²) in [6, 6.07) is 4.24. The minimum atomic E-state index is -2.86. The Balaban J connectivity index is 2.10. The quantitative estimate of drug-likeness (QED) is 0.896. The fourth-order valence-electron chi connectivity index (χ4n) is 2.19. The summed E-state index contributed by atoms with van der Waals surface area (Å²) in [6.07, 6.45) is 2.53. The highest BCUT2D eigenvalue weighted by molar-refractivity contribution is 7.91. The van der Waals surface area contributed by atoms with Gasteiger partial charge < -0.3 is 10.2 Å². The minimum Gasteiger partial charge on any atom is -0.369 e. The van der Waals surface area contributed by atoms with Gasteiger partial charge in [0.2, 0.25) is 0 Å². The molecule has 2 rings (SSSR count). The number of nitrogens with zero attached hydrogens (tertiary/aromatic N) is 2. The molecule has 0 saturated carbocycles. The zero-order valence-electron chi connectivity index (χ0n) is 11.5. The highest BCUT2D eigenvalue weighted by atomic mass is 32.2. The lowest BCUT2D eigenvalue weighted by Crippen LogP contribution is -2.27. The highest BCUT2D eigenvalue weighted by Crippen LogP contribution is 2.18. The van der Waals surface area contributed by atoms with E-state index in [0.29, 0.717) is 18.7 Å². The zero-order chi connectivity index (χ0) is 13.9. The van der Waals surface area contributed by atoms with E-state index in [2.05, 4.69) is 22.1 Å². The van der Waals surface area contributed by atoms with Crippen LogP contribution < -0.4 is 10.2 Å². The molecule has 1 aromatic rings. The fourth-order valence-corrected chi connectivity index (χ4v) is 3.46. The van der Waals surface area contributed by atoms with Crippen molar-refractivity contribution < 1.29 is 8.42 Å². The SMILES string of the molecule is CNC(C)c1ccc(N2CCCS(=O)(=O)CC2)cn1. The molecule has 0 aliphatic carbocycles. The topological polar surface area (TPSA) is 62.3 Å². The fraction of sp³-hybridized carbons (Fsp3) is 0.615. The number of anilines is 1. The first-order chi connectivity index (χ1) is 9.02. The average Bonchev–Trinajstić information content (AvgIpc) is 2.59. The van der Waals surface area contributed by atoms with Crippen LogP contribution in [0.25, 0.3) is 0 Å². The summed E-state index contributed by atoms with van der Waals surface area (Å²) in [5.74, 6) is 0.535. The van der Waals surface area contributed by atoms with Gasteiger partial charge in [-0.25, -0.2) is 8.42 Å². The predicted molar refractivity (Wildman–Crippen MR) is 77.2 cm³/mol. The van der Waals surface area contributed by atoms with Crippen LogP contribution in [0.1, 0.15) is 25.1 Å². The Bertz CT molecular complexity index is 513. The number of rotatable bonds is 3. The van der Waals surface area contributed by atoms with Crippen LogP contribution in [0.3, 0.4) is 0 Å². The Labute approximate surface area is 114 Å². The van der Waals surface area contributed by atoms with Crippen molar-refractivity contribution in [2.24, 2.45) is 0 Å². The van der Waals surface area contributed by atoms with Crippen molar-refractivity contribution in [3.05, 3.63) is 24.0 Å². The summed E-state index contributed by atoms with van der Waals surface area (Å²) in [6.45, 7) is 3.40. The molecule has 1 fully saturated rings. The van der Waals surface area contributed by atoms with Gasteiger partial charge in [-0.15, -0.1) is 0 Å². The van der Waals surface area contributed by atoms with Gasteiger partial charge in [-0.05, 0) is 32.5 Å². The summed E-state index contributed by atoms with van der Waals surface area (Å²) in [5.41, 5.74) is 2.00. The third-order valence-electron chi connectivity index (χ3n) is 3.57. The maximum Gasteiger partial charge on any atom is 0.152 e. The van der Waals surface area contributed by atoms with Crippen molar-refractivity contribution in [2.45, 2.75) is 19.4 Å². The molecule has 0 spiro atoms. The Hall–Kier alpha value is -1.14. The maximum atomic E-state index is 11.6. The van der Waals surface area contributed by atoms with Gasteiger partial charge in [0.15, 0.2) is 9.84 Å². The molecule has 0 aromatic carbocycles. The molecule has 1 aromatic heterocycles. The summed E-state index contributed by atoms with van der Waals surface area (Å²) < 4.78 is 23.2. The molecular weight excluding hydrogens is 262 g/mol. The van der Waals surface area contributed by atoms with Crippen LogP contribution >= 0.6 is 0 Å². The Morgan fingerprint density at radius 2 is 2.11 bits per heavy atom. The Morgan fingerprint density at radius 3 is 2.74 bits per heavy atom. The summed E-state index contributed by atoms with van der Waals surface area (Å²) >= 11 is 0. The van der Waals surface area contributed by atoms with E-state index in [-0.39, 0.29) is 11.8 Å². The van der Waals surface area contributed by atoms with E-state index in [4.69, 9.17) is 0 Å². The van der Waals surface area contributed by atoms with E-state index in [1.807, 2.05) is 25.4 Å². The van der Waals surface area contributed by atoms with Crippen molar-refractivity contribution in [2.75, 3.05) is 36.5 Å². The number of sulfone groups is 1. The van der Waals surface area contributed by atoms with Crippen molar-refractivity contribution in [3.8, 4) is 0 Å². The lowest BCUT2D eigenvalue weighted by molar-refractivity contribution is 0.597. The molecule has 5 nitrogen and oxygen atoms in total. The molecule has 19 heavy (non-hydrogen) atoms. The molecule has 1 aliphatic rings. The maximum absolute atomic E-state index is 11.6. The molecule has 1 aliphatic heterocycles. The molecule has 1 atom stereocenters. The first-order valence-electron chi connectivity index (χ1n) is 6.60. The summed E-state index contributed by atoms with van der Waals surface area (Å²) in [4.78, 5) is 6.54. The van der Waals surface area contributed by atoms with Crippen LogP contribution in [0.5, 0.6) is 0 Å². The molecule has 1 saturated heterocycles. The number of hydrogen-bond donors (Lipinski definition) is 1. The summed E-state index contributed by atoms with van der Waals surface area (Å²) in [7, 11) is -0.955. The molecule has 106 valence electrons. The first kappa shape index (κ1) is 14.3. The predicted octanol–water partition coefficient (Wildman–Crippen LogP) is 0.987. The lowest BCUT2D eigenvalue weighted by atomic mass is 10.2. The standard InChI is InChI=1S/C13H21N3O2S/c1-11(14-2)13-5-4-12(10-15-13)16-6-3-8-19(17,18)9-7-16/h4-5,10-11,14H,3,6-9H2,1-2H3. The van der Waals surface area contributed by atoms with Gasteiger partial charge in [0.1, 0.15) is 0 Å². The molecule has 0 radical (unpaired) electrons. The first-order valence-corrected chi connectivity index (χ1v) is 8.42. The van der Waals surface area contributed by atoms with Gasteiger partial charge in [-0.2, -0.15) is 0 Å². The van der Waals surface area contributed by atoms with E-state index >= 15 is 0 Å². The van der Waals surface area contributed by atoms with E-state index in [1.165, 1.54) is 0 Å².